The van der Waals surface area contributed by atoms with Crippen LogP contribution in [0.5, 0.6) is 0 Å². The van der Waals surface area contributed by atoms with Crippen molar-refractivity contribution in [3.8, 4) is 0 Å². The smallest absolute Gasteiger partial charge is 0.353 e. The zero-order valence-electron chi connectivity index (χ0n) is 15.8. The number of anilines is 1. The average molecular weight is 421 g/mol. The van der Waals surface area contributed by atoms with Crippen molar-refractivity contribution in [2.45, 2.75) is 37.7 Å². The fourth-order valence-electron chi connectivity index (χ4n) is 4.42. The minimum absolute atomic E-state index is 0.0599. The molecule has 0 aromatic carbocycles. The summed E-state index contributed by atoms with van der Waals surface area (Å²) in [5.41, 5.74) is 0.348. The largest absolute Gasteiger partial charge is 0.477 e. The van der Waals surface area contributed by atoms with Gasteiger partial charge >= 0.3 is 5.97 Å². The van der Waals surface area contributed by atoms with E-state index >= 15 is 0 Å². The Kier molecular flexibility index (Phi) is 4.86. The molecule has 2 saturated heterocycles. The van der Waals surface area contributed by atoms with Gasteiger partial charge in [0.05, 0.1) is 18.1 Å². The van der Waals surface area contributed by atoms with Crippen molar-refractivity contribution in [2.75, 3.05) is 11.4 Å². The van der Waals surface area contributed by atoms with Gasteiger partial charge < -0.3 is 20.0 Å². The molecule has 2 fully saturated rings. The van der Waals surface area contributed by atoms with E-state index in [2.05, 4.69) is 4.98 Å². The number of aliphatic hydroxyl groups excluding tert-OH is 1. The number of carboxylic acid groups (broad SMARTS) is 1. The fraction of sp³-hybridized carbons (Fsp3) is 0.474. The number of rotatable bonds is 5. The van der Waals surface area contributed by atoms with Gasteiger partial charge in [-0.1, -0.05) is 6.92 Å². The zero-order chi connectivity index (χ0) is 21.0. The lowest BCUT2D eigenvalue weighted by Gasteiger charge is -2.46. The van der Waals surface area contributed by atoms with Crippen molar-refractivity contribution < 1.29 is 29.0 Å². The minimum atomic E-state index is -1.20. The first-order chi connectivity index (χ1) is 13.7. The highest BCUT2D eigenvalue weighted by atomic mass is 32.2. The number of carboxylic acids is 1. The maximum absolute atomic E-state index is 13.4. The van der Waals surface area contributed by atoms with Crippen molar-refractivity contribution in [3.63, 3.8) is 0 Å². The lowest BCUT2D eigenvalue weighted by Crippen LogP contribution is -2.63. The summed E-state index contributed by atoms with van der Waals surface area (Å²) in [5, 5.41) is 19.4. The van der Waals surface area contributed by atoms with Gasteiger partial charge in [-0.25, -0.2) is 9.78 Å². The van der Waals surface area contributed by atoms with Crippen molar-refractivity contribution in [3.05, 3.63) is 34.9 Å². The van der Waals surface area contributed by atoms with Crippen LogP contribution in [-0.4, -0.2) is 61.8 Å². The first-order valence-corrected chi connectivity index (χ1v) is 10.2. The van der Waals surface area contributed by atoms with E-state index in [1.165, 1.54) is 40.7 Å². The Morgan fingerprint density at radius 1 is 1.41 bits per heavy atom. The lowest BCUT2D eigenvalue weighted by molar-refractivity contribution is -0.163. The number of hydrogen-bond donors (Lipinski definition) is 2. The van der Waals surface area contributed by atoms with Crippen molar-refractivity contribution >= 4 is 35.2 Å². The predicted molar refractivity (Wildman–Crippen MR) is 102 cm³/mol. The second-order valence-electron chi connectivity index (χ2n) is 7.56. The van der Waals surface area contributed by atoms with Gasteiger partial charge in [-0.3, -0.25) is 9.59 Å². The number of nitrogens with zero attached hydrogens (tertiary/aromatic N) is 3. The fourth-order valence-corrected chi connectivity index (χ4v) is 5.88. The molecule has 10 heteroatoms. The monoisotopic (exact) mass is 421 g/mol. The highest BCUT2D eigenvalue weighted by Gasteiger charge is 2.60. The van der Waals surface area contributed by atoms with Crippen LogP contribution in [0.2, 0.25) is 0 Å². The van der Waals surface area contributed by atoms with E-state index in [4.69, 9.17) is 0 Å². The molecule has 0 spiro atoms. The third kappa shape index (κ3) is 3.10. The third-order valence-corrected chi connectivity index (χ3v) is 7.18. The number of aromatic nitrogens is 1. The van der Waals surface area contributed by atoms with E-state index in [-0.39, 0.29) is 35.1 Å². The summed E-state index contributed by atoms with van der Waals surface area (Å²) < 4.78 is 13.4. The quantitative estimate of drug-likeness (QED) is 0.543. The topological polar surface area (TPSA) is 111 Å². The molecule has 0 saturated carbocycles. The summed E-state index contributed by atoms with van der Waals surface area (Å²) in [6, 6.07) is 2.34. The highest BCUT2D eigenvalue weighted by Crippen LogP contribution is 2.52. The number of amides is 2. The Hall–Kier alpha value is -2.46. The summed E-state index contributed by atoms with van der Waals surface area (Å²) in [4.78, 5) is 43.5. The Bertz CT molecular complexity index is 936. The van der Waals surface area contributed by atoms with Gasteiger partial charge in [0.15, 0.2) is 0 Å². The molecule has 0 bridgehead atoms. The molecule has 0 radical (unpaired) electrons. The molecule has 29 heavy (non-hydrogen) atoms. The number of thioether (sulfide) groups is 1. The van der Waals surface area contributed by atoms with Gasteiger partial charge in [0, 0.05) is 47.0 Å². The molecule has 4 unspecified atom stereocenters. The first-order valence-electron chi connectivity index (χ1n) is 9.28. The van der Waals surface area contributed by atoms with Crippen molar-refractivity contribution in [1.82, 2.24) is 9.88 Å². The second-order valence-corrected chi connectivity index (χ2v) is 8.90. The van der Waals surface area contributed by atoms with E-state index in [0.717, 1.165) is 0 Å². The van der Waals surface area contributed by atoms with Gasteiger partial charge in [0.25, 0.3) is 0 Å². The number of carbonyl (C=O) groups excluding carboxylic acids is 2. The molecule has 3 aliphatic heterocycles. The second kappa shape index (κ2) is 7.10. The number of pyridine rings is 1. The summed E-state index contributed by atoms with van der Waals surface area (Å²) >= 11 is 1.28. The van der Waals surface area contributed by atoms with Crippen LogP contribution in [0.15, 0.2) is 28.9 Å². The van der Waals surface area contributed by atoms with Crippen LogP contribution in [0.1, 0.15) is 20.3 Å². The lowest BCUT2D eigenvalue weighted by atomic mass is 9.79. The van der Waals surface area contributed by atoms with Gasteiger partial charge in [-0.05, 0) is 13.0 Å². The summed E-state index contributed by atoms with van der Waals surface area (Å²) in [7, 11) is 0. The van der Waals surface area contributed by atoms with Gasteiger partial charge in [-0.15, -0.1) is 11.8 Å². The molecular formula is C19H20FN3O5S. The maximum atomic E-state index is 13.4. The van der Waals surface area contributed by atoms with E-state index in [1.54, 1.807) is 6.07 Å². The molecule has 154 valence electrons. The standard InChI is InChI=1S/C19H20FN3O5S/c1-8-15-14(9(2)24)18(26)23(15)16(19(27)28)17(8)29-11-6-13(25)22(7-11)10-3-4-21-12(20)5-10/h3-5,8-9,11,14-15,24H,6-7H2,1-2H3,(H,27,28)/t8?,9?,11-,14?,15?/m0/s1. The molecule has 1 aromatic heterocycles. The van der Waals surface area contributed by atoms with Crippen LogP contribution in [0.4, 0.5) is 10.1 Å². The number of carbonyl (C=O) groups is 3. The van der Waals surface area contributed by atoms with Crippen LogP contribution in [0, 0.1) is 17.8 Å². The summed E-state index contributed by atoms with van der Waals surface area (Å²) in [5.74, 6) is -3.33. The zero-order valence-corrected chi connectivity index (χ0v) is 16.6. The van der Waals surface area contributed by atoms with Crippen LogP contribution >= 0.6 is 11.8 Å². The van der Waals surface area contributed by atoms with E-state index in [1.807, 2.05) is 6.92 Å². The molecule has 1 aromatic rings. The first kappa shape index (κ1) is 19.8. The highest BCUT2D eigenvalue weighted by molar-refractivity contribution is 8.03. The molecule has 3 aliphatic rings. The summed E-state index contributed by atoms with van der Waals surface area (Å²) in [6.45, 7) is 3.67. The van der Waals surface area contributed by atoms with Crippen LogP contribution in [-0.2, 0) is 14.4 Å². The Balaban J connectivity index is 1.57. The van der Waals surface area contributed by atoms with Gasteiger partial charge in [0.1, 0.15) is 5.70 Å². The Labute approximate surface area is 170 Å². The number of halogens is 1. The Morgan fingerprint density at radius 3 is 2.76 bits per heavy atom. The molecule has 4 heterocycles. The van der Waals surface area contributed by atoms with Crippen LogP contribution in [0.25, 0.3) is 0 Å². The van der Waals surface area contributed by atoms with Crippen LogP contribution < -0.4 is 4.90 Å². The van der Waals surface area contributed by atoms with E-state index in [0.29, 0.717) is 17.1 Å². The number of hydrogen-bond acceptors (Lipinski definition) is 6. The SMILES string of the molecule is CC(O)C1C(=O)N2C(C(=O)O)=C(S[C@H]3CC(=O)N(c4ccnc(F)c4)C3)C(C)C12. The number of aliphatic carboxylic acids is 1. The minimum Gasteiger partial charge on any atom is -0.477 e. The van der Waals surface area contributed by atoms with Crippen LogP contribution in [0.3, 0.4) is 0 Å². The molecule has 2 N–H and O–H groups in total. The summed E-state index contributed by atoms with van der Waals surface area (Å²) in [6.07, 6.45) is 0.599. The van der Waals surface area contributed by atoms with E-state index in [9.17, 15) is 29.0 Å². The Morgan fingerprint density at radius 2 is 2.14 bits per heavy atom. The normalized spacial score (nSPS) is 29.9. The van der Waals surface area contributed by atoms with E-state index < -0.39 is 30.0 Å². The average Bonchev–Trinajstić information content (AvgIpc) is 3.11. The number of aliphatic hydroxyl groups is 1. The molecule has 4 rings (SSSR count). The molecule has 0 aliphatic carbocycles. The van der Waals surface area contributed by atoms with Gasteiger partial charge in [-0.2, -0.15) is 4.39 Å². The maximum Gasteiger partial charge on any atom is 0.353 e. The molecular weight excluding hydrogens is 401 g/mol. The molecule has 5 atom stereocenters. The predicted octanol–water partition coefficient (Wildman–Crippen LogP) is 1.21. The molecule has 2 amide bonds. The number of β-lactam (4-membered cyclic amide) rings is 1. The third-order valence-electron chi connectivity index (χ3n) is 5.72. The molecule has 8 nitrogen and oxygen atoms in total. The van der Waals surface area contributed by atoms with Gasteiger partial charge in [0.2, 0.25) is 17.8 Å². The number of fused-ring (bicyclic) bond motifs is 1. The van der Waals surface area contributed by atoms with Crippen molar-refractivity contribution in [1.29, 1.82) is 0 Å². The van der Waals surface area contributed by atoms with Crippen molar-refractivity contribution in [2.24, 2.45) is 11.8 Å².